The van der Waals surface area contributed by atoms with Crippen molar-refractivity contribution in [2.75, 3.05) is 14.1 Å². The van der Waals surface area contributed by atoms with Crippen molar-refractivity contribution >= 4 is 10.0 Å². The van der Waals surface area contributed by atoms with E-state index < -0.39 is 16.1 Å². The van der Waals surface area contributed by atoms with E-state index in [4.69, 9.17) is 0 Å². The quantitative estimate of drug-likeness (QED) is 0.817. The average Bonchev–Trinajstić information content (AvgIpc) is 2.53. The summed E-state index contributed by atoms with van der Waals surface area (Å²) >= 11 is 0. The maximum absolute atomic E-state index is 13.1. The van der Waals surface area contributed by atoms with E-state index in [0.29, 0.717) is 0 Å². The second-order valence-corrected chi connectivity index (χ2v) is 8.49. The fourth-order valence-electron chi connectivity index (χ4n) is 2.63. The van der Waals surface area contributed by atoms with Crippen molar-refractivity contribution in [3.05, 3.63) is 65.5 Å². The zero-order valence-electron chi connectivity index (χ0n) is 15.0. The Morgan fingerprint density at radius 3 is 2.04 bits per heavy atom. The minimum absolute atomic E-state index is 0.0215. The summed E-state index contributed by atoms with van der Waals surface area (Å²) in [6.07, 6.45) is 0. The maximum Gasteiger partial charge on any atom is 0.241 e. The fraction of sp³-hybridized carbons (Fsp3) is 0.368. The van der Waals surface area contributed by atoms with Crippen LogP contribution in [0.15, 0.2) is 53.4 Å². The molecule has 0 aliphatic rings. The molecule has 1 N–H and O–H groups in total. The summed E-state index contributed by atoms with van der Waals surface area (Å²) < 4.78 is 41.3. The van der Waals surface area contributed by atoms with Crippen molar-refractivity contribution in [1.82, 2.24) is 9.62 Å². The summed E-state index contributed by atoms with van der Waals surface area (Å²) in [5, 5.41) is 0. The van der Waals surface area contributed by atoms with Crippen molar-refractivity contribution in [3.8, 4) is 0 Å². The van der Waals surface area contributed by atoms with Gasteiger partial charge in [0.25, 0.3) is 0 Å². The second-order valence-electron chi connectivity index (χ2n) is 6.78. The summed E-state index contributed by atoms with van der Waals surface area (Å²) in [6, 6.07) is 12.3. The molecule has 0 aliphatic heterocycles. The van der Waals surface area contributed by atoms with E-state index in [1.165, 1.54) is 12.1 Å². The van der Waals surface area contributed by atoms with Crippen LogP contribution >= 0.6 is 0 Å². The van der Waals surface area contributed by atoms with Crippen molar-refractivity contribution in [2.45, 2.75) is 31.3 Å². The summed E-state index contributed by atoms with van der Waals surface area (Å²) in [5.41, 5.74) is 1.78. The van der Waals surface area contributed by atoms with Crippen LogP contribution in [-0.2, 0) is 16.6 Å². The molecule has 4 nitrogen and oxygen atoms in total. The molecule has 136 valence electrons. The minimum Gasteiger partial charge on any atom is -0.305 e. The molecule has 25 heavy (non-hydrogen) atoms. The molecule has 0 aromatic heterocycles. The zero-order valence-corrected chi connectivity index (χ0v) is 15.8. The van der Waals surface area contributed by atoms with E-state index in [1.807, 2.05) is 45.0 Å². The largest absolute Gasteiger partial charge is 0.305 e. The van der Waals surface area contributed by atoms with Gasteiger partial charge in [0.15, 0.2) is 0 Å². The predicted molar refractivity (Wildman–Crippen MR) is 98.1 cm³/mol. The average molecular weight is 364 g/mol. The monoisotopic (exact) mass is 364 g/mol. The third-order valence-electron chi connectivity index (χ3n) is 3.91. The van der Waals surface area contributed by atoms with E-state index in [2.05, 4.69) is 4.72 Å². The number of nitrogens with zero attached hydrogens (tertiary/aromatic N) is 1. The highest BCUT2D eigenvalue weighted by atomic mass is 32.2. The number of rotatable bonds is 7. The van der Waals surface area contributed by atoms with E-state index in [1.54, 1.807) is 24.3 Å². The summed E-state index contributed by atoms with van der Waals surface area (Å²) in [5.74, 6) is -0.321. The molecule has 0 fully saturated rings. The van der Waals surface area contributed by atoms with Crippen LogP contribution in [0.3, 0.4) is 0 Å². The van der Waals surface area contributed by atoms with Gasteiger partial charge >= 0.3 is 0 Å². The molecule has 0 bridgehead atoms. The van der Waals surface area contributed by atoms with Crippen LogP contribution in [-0.4, -0.2) is 27.4 Å². The van der Waals surface area contributed by atoms with Crippen LogP contribution < -0.4 is 4.72 Å². The third kappa shape index (κ3) is 5.36. The first-order chi connectivity index (χ1) is 11.7. The molecule has 6 heteroatoms. The molecule has 0 heterocycles. The van der Waals surface area contributed by atoms with Crippen molar-refractivity contribution in [1.29, 1.82) is 0 Å². The van der Waals surface area contributed by atoms with Crippen LogP contribution in [0.4, 0.5) is 4.39 Å². The second kappa shape index (κ2) is 8.08. The Morgan fingerprint density at radius 1 is 1.00 bits per heavy atom. The number of sulfonamides is 1. The van der Waals surface area contributed by atoms with Crippen LogP contribution in [0, 0.1) is 11.7 Å². The Kier molecular flexibility index (Phi) is 6.32. The Hall–Kier alpha value is -1.76. The lowest BCUT2D eigenvalue weighted by Crippen LogP contribution is -2.31. The molecular formula is C19H25FN2O2S. The number of halogens is 1. The molecule has 0 radical (unpaired) electrons. The fourth-order valence-corrected chi connectivity index (χ4v) is 4.01. The Labute approximate surface area is 149 Å². The first kappa shape index (κ1) is 19.6. The molecular weight excluding hydrogens is 339 g/mol. The molecule has 0 amide bonds. The van der Waals surface area contributed by atoms with Gasteiger partial charge in [-0.25, -0.2) is 17.5 Å². The lowest BCUT2D eigenvalue weighted by molar-refractivity contribution is 0.402. The Bertz CT molecular complexity index is 785. The lowest BCUT2D eigenvalue weighted by Gasteiger charge is -2.23. The zero-order chi connectivity index (χ0) is 18.6. The SMILES string of the molecule is CC(C)[C@@H](NS(=O)(=O)c1ccc(CN(C)C)cc1)c1ccc(F)cc1. The molecule has 1 atom stereocenters. The normalized spacial score (nSPS) is 13.4. The third-order valence-corrected chi connectivity index (χ3v) is 5.37. The molecule has 2 aromatic carbocycles. The lowest BCUT2D eigenvalue weighted by atomic mass is 9.97. The van der Waals surface area contributed by atoms with Gasteiger partial charge < -0.3 is 4.90 Å². The van der Waals surface area contributed by atoms with Gasteiger partial charge in [0, 0.05) is 12.6 Å². The highest BCUT2D eigenvalue weighted by Gasteiger charge is 2.24. The number of benzene rings is 2. The summed E-state index contributed by atoms with van der Waals surface area (Å²) in [7, 11) is 0.256. The molecule has 0 saturated carbocycles. The highest BCUT2D eigenvalue weighted by Crippen LogP contribution is 2.24. The number of hydrogen-bond donors (Lipinski definition) is 1. The van der Waals surface area contributed by atoms with Crippen LogP contribution in [0.25, 0.3) is 0 Å². The van der Waals surface area contributed by atoms with Gasteiger partial charge in [-0.3, -0.25) is 0 Å². The first-order valence-corrected chi connectivity index (χ1v) is 9.69. The molecule has 0 saturated heterocycles. The van der Waals surface area contributed by atoms with Crippen molar-refractivity contribution in [2.24, 2.45) is 5.92 Å². The minimum atomic E-state index is -3.67. The molecule has 0 aliphatic carbocycles. The van der Waals surface area contributed by atoms with Gasteiger partial charge in [-0.2, -0.15) is 0 Å². The van der Waals surface area contributed by atoms with E-state index in [0.717, 1.165) is 17.7 Å². The molecule has 2 aromatic rings. The van der Waals surface area contributed by atoms with Crippen LogP contribution in [0.1, 0.15) is 31.0 Å². The van der Waals surface area contributed by atoms with E-state index >= 15 is 0 Å². The Balaban J connectivity index is 2.23. The molecule has 0 unspecified atom stereocenters. The van der Waals surface area contributed by atoms with E-state index in [-0.39, 0.29) is 16.6 Å². The van der Waals surface area contributed by atoms with Gasteiger partial charge in [-0.1, -0.05) is 38.1 Å². The van der Waals surface area contributed by atoms with Gasteiger partial charge in [0.2, 0.25) is 10.0 Å². The van der Waals surface area contributed by atoms with Gasteiger partial charge in [0.1, 0.15) is 5.82 Å². The van der Waals surface area contributed by atoms with Crippen LogP contribution in [0.2, 0.25) is 0 Å². The summed E-state index contributed by atoms with van der Waals surface area (Å²) in [6.45, 7) is 4.60. The number of hydrogen-bond acceptors (Lipinski definition) is 3. The predicted octanol–water partition coefficient (Wildman–Crippen LogP) is 3.56. The van der Waals surface area contributed by atoms with Crippen molar-refractivity contribution < 1.29 is 12.8 Å². The molecule has 2 rings (SSSR count). The topological polar surface area (TPSA) is 49.4 Å². The van der Waals surface area contributed by atoms with Gasteiger partial charge in [0.05, 0.1) is 4.90 Å². The van der Waals surface area contributed by atoms with Gasteiger partial charge in [-0.15, -0.1) is 0 Å². The van der Waals surface area contributed by atoms with E-state index in [9.17, 15) is 12.8 Å². The highest BCUT2D eigenvalue weighted by molar-refractivity contribution is 7.89. The standard InChI is InChI=1S/C19H25FN2O2S/c1-14(2)19(16-7-9-17(20)10-8-16)21-25(23,24)18-11-5-15(6-12-18)13-22(3)4/h5-12,14,19,21H,13H2,1-4H3/t19-/m1/s1. The summed E-state index contributed by atoms with van der Waals surface area (Å²) in [4.78, 5) is 2.24. The van der Waals surface area contributed by atoms with Crippen LogP contribution in [0.5, 0.6) is 0 Å². The smallest absolute Gasteiger partial charge is 0.241 e. The van der Waals surface area contributed by atoms with Gasteiger partial charge in [-0.05, 0) is 55.4 Å². The first-order valence-electron chi connectivity index (χ1n) is 8.20. The molecule has 0 spiro atoms. The van der Waals surface area contributed by atoms with Crippen molar-refractivity contribution in [3.63, 3.8) is 0 Å². The maximum atomic E-state index is 13.1. The Morgan fingerprint density at radius 2 is 1.56 bits per heavy atom. The number of nitrogens with one attached hydrogen (secondary N) is 1.